The Kier molecular flexibility index (Phi) is 6.05. The summed E-state index contributed by atoms with van der Waals surface area (Å²) in [6.45, 7) is 8.07. The molecule has 0 radical (unpaired) electrons. The topological polar surface area (TPSA) is 91.3 Å². The number of aromatic nitrogens is 2. The zero-order valence-electron chi connectivity index (χ0n) is 17.9. The largest absolute Gasteiger partial charge is 0.379 e. The summed E-state index contributed by atoms with van der Waals surface area (Å²) in [7, 11) is 0. The third-order valence-corrected chi connectivity index (χ3v) is 7.36. The summed E-state index contributed by atoms with van der Waals surface area (Å²) in [6, 6.07) is 3.97. The quantitative estimate of drug-likeness (QED) is 0.566. The number of thiazole rings is 2. The number of hydrogen-bond donors (Lipinski definition) is 0. The van der Waals surface area contributed by atoms with Crippen molar-refractivity contribution < 1.29 is 19.1 Å². The van der Waals surface area contributed by atoms with Crippen molar-refractivity contribution in [3.05, 3.63) is 12.1 Å². The van der Waals surface area contributed by atoms with Gasteiger partial charge in [0.25, 0.3) is 0 Å². The Balaban J connectivity index is 1.49. The van der Waals surface area contributed by atoms with Gasteiger partial charge in [0.2, 0.25) is 22.1 Å². The highest BCUT2D eigenvalue weighted by Gasteiger charge is 2.27. The third kappa shape index (κ3) is 4.09. The molecule has 10 nitrogen and oxygen atoms in total. The molecular weight excluding hydrogens is 452 g/mol. The van der Waals surface area contributed by atoms with Crippen LogP contribution >= 0.6 is 22.7 Å². The molecule has 0 saturated carbocycles. The van der Waals surface area contributed by atoms with E-state index < -0.39 is 0 Å². The van der Waals surface area contributed by atoms with E-state index in [9.17, 15) is 9.59 Å². The number of amides is 2. The molecule has 3 aromatic rings. The van der Waals surface area contributed by atoms with Gasteiger partial charge in [-0.2, -0.15) is 0 Å². The number of carbonyl (C=O) groups excluding carboxylic acids is 2. The molecule has 0 N–H and O–H groups in total. The van der Waals surface area contributed by atoms with Crippen LogP contribution in [-0.4, -0.2) is 84.4 Å². The molecule has 2 amide bonds. The van der Waals surface area contributed by atoms with Crippen LogP contribution in [0.4, 0.5) is 10.3 Å². The molecule has 2 aromatic heterocycles. The molecule has 1 aromatic carbocycles. The number of benzene rings is 1. The average molecular weight is 477 g/mol. The van der Waals surface area contributed by atoms with Gasteiger partial charge in [-0.05, 0) is 12.1 Å². The molecule has 0 bridgehead atoms. The van der Waals surface area contributed by atoms with Gasteiger partial charge in [0, 0.05) is 40.0 Å². The van der Waals surface area contributed by atoms with Gasteiger partial charge in [0.05, 0.1) is 46.9 Å². The maximum absolute atomic E-state index is 12.4. The first-order chi connectivity index (χ1) is 15.5. The van der Waals surface area contributed by atoms with E-state index in [1.165, 1.54) is 22.7 Å². The second-order valence-corrected chi connectivity index (χ2v) is 9.59. The van der Waals surface area contributed by atoms with Gasteiger partial charge < -0.3 is 9.47 Å². The zero-order chi connectivity index (χ0) is 22.2. The highest BCUT2D eigenvalue weighted by atomic mass is 32.1. The first-order valence-corrected chi connectivity index (χ1v) is 12.1. The van der Waals surface area contributed by atoms with Crippen LogP contribution in [0.15, 0.2) is 12.1 Å². The Morgan fingerprint density at radius 2 is 1.19 bits per heavy atom. The zero-order valence-corrected chi connectivity index (χ0v) is 19.6. The molecule has 2 aliphatic rings. The first kappa shape index (κ1) is 21.6. The summed E-state index contributed by atoms with van der Waals surface area (Å²) in [5.41, 5.74) is 1.57. The molecule has 2 saturated heterocycles. The van der Waals surface area contributed by atoms with Crippen LogP contribution in [0.2, 0.25) is 0 Å². The predicted octanol–water partition coefficient (Wildman–Crippen LogP) is 2.11. The number of anilines is 2. The summed E-state index contributed by atoms with van der Waals surface area (Å²) in [4.78, 5) is 34.2. The van der Waals surface area contributed by atoms with E-state index in [1.54, 1.807) is 23.9 Å². The van der Waals surface area contributed by atoms with E-state index >= 15 is 0 Å². The molecular formula is C20H24N6O4S2. The molecule has 2 fully saturated rings. The molecule has 2 aliphatic heterocycles. The molecule has 12 heteroatoms. The monoisotopic (exact) mass is 476 g/mol. The van der Waals surface area contributed by atoms with Gasteiger partial charge in [-0.3, -0.25) is 9.59 Å². The normalized spacial score (nSPS) is 18.3. The van der Waals surface area contributed by atoms with Gasteiger partial charge in [0.1, 0.15) is 0 Å². The van der Waals surface area contributed by atoms with Crippen molar-refractivity contribution in [3.8, 4) is 0 Å². The van der Waals surface area contributed by atoms with Crippen molar-refractivity contribution in [1.29, 1.82) is 0 Å². The molecule has 0 aliphatic carbocycles. The highest BCUT2D eigenvalue weighted by Crippen LogP contribution is 2.37. The number of ether oxygens (including phenoxy) is 2. The lowest BCUT2D eigenvalue weighted by Crippen LogP contribution is -2.51. The van der Waals surface area contributed by atoms with E-state index in [-0.39, 0.29) is 11.8 Å². The van der Waals surface area contributed by atoms with E-state index in [1.807, 2.05) is 22.2 Å². The Labute approximate surface area is 192 Å². The van der Waals surface area contributed by atoms with E-state index in [0.717, 1.165) is 20.4 Å². The minimum atomic E-state index is -0.0733. The number of hydrazine groups is 2. The van der Waals surface area contributed by atoms with Crippen LogP contribution in [0.25, 0.3) is 20.4 Å². The van der Waals surface area contributed by atoms with Gasteiger partial charge >= 0.3 is 0 Å². The number of rotatable bonds is 4. The number of carbonyl (C=O) groups is 2. The van der Waals surface area contributed by atoms with Crippen molar-refractivity contribution in [2.75, 3.05) is 62.6 Å². The molecule has 0 unspecified atom stereocenters. The molecule has 32 heavy (non-hydrogen) atoms. The van der Waals surface area contributed by atoms with E-state index in [2.05, 4.69) is 0 Å². The van der Waals surface area contributed by atoms with Crippen LogP contribution in [-0.2, 0) is 19.1 Å². The van der Waals surface area contributed by atoms with Crippen LogP contribution in [0.1, 0.15) is 13.8 Å². The number of fused-ring (bicyclic) bond motifs is 2. The van der Waals surface area contributed by atoms with Gasteiger partial charge in [-0.15, -0.1) is 0 Å². The fraction of sp³-hybridized carbons (Fsp3) is 0.500. The number of morpholine rings is 2. The Hall–Kier alpha value is -2.22. The second kappa shape index (κ2) is 8.96. The highest BCUT2D eigenvalue weighted by molar-refractivity contribution is 7.24. The number of nitrogens with zero attached hydrogens (tertiary/aromatic N) is 6. The minimum absolute atomic E-state index is 0.0733. The smallest absolute Gasteiger partial charge is 0.240 e. The van der Waals surface area contributed by atoms with Crippen molar-refractivity contribution in [3.63, 3.8) is 0 Å². The minimum Gasteiger partial charge on any atom is -0.379 e. The van der Waals surface area contributed by atoms with Crippen LogP contribution in [0, 0.1) is 0 Å². The Morgan fingerprint density at radius 3 is 1.56 bits per heavy atom. The fourth-order valence-corrected chi connectivity index (χ4v) is 6.11. The summed E-state index contributed by atoms with van der Waals surface area (Å²) >= 11 is 2.95. The lowest BCUT2D eigenvalue weighted by molar-refractivity contribution is -0.121. The second-order valence-electron chi connectivity index (χ2n) is 7.57. The molecule has 170 valence electrons. The fourth-order valence-electron chi connectivity index (χ4n) is 3.92. The lowest BCUT2D eigenvalue weighted by atomic mass is 10.3. The number of hydrogen-bond acceptors (Lipinski definition) is 10. The SMILES string of the molecule is CC(=O)N(c1nc2cc3nc(N(C(C)=O)N4CCOCC4)sc3cc2s1)N1CCOCC1. The maximum Gasteiger partial charge on any atom is 0.240 e. The van der Waals surface area contributed by atoms with Gasteiger partial charge in [0.15, 0.2) is 0 Å². The van der Waals surface area contributed by atoms with Gasteiger partial charge in [-0.1, -0.05) is 22.7 Å². The summed E-state index contributed by atoms with van der Waals surface area (Å²) in [5, 5.41) is 8.55. The van der Waals surface area contributed by atoms with Crippen molar-refractivity contribution in [2.24, 2.45) is 0 Å². The first-order valence-electron chi connectivity index (χ1n) is 10.5. The van der Waals surface area contributed by atoms with Crippen molar-refractivity contribution in [2.45, 2.75) is 13.8 Å². The summed E-state index contributed by atoms with van der Waals surface area (Å²) < 4.78 is 12.8. The molecule has 4 heterocycles. The Morgan fingerprint density at radius 1 is 0.781 bits per heavy atom. The summed E-state index contributed by atoms with van der Waals surface area (Å²) in [5.74, 6) is -0.147. The van der Waals surface area contributed by atoms with E-state index in [0.29, 0.717) is 62.9 Å². The third-order valence-electron chi connectivity index (χ3n) is 5.37. The maximum atomic E-state index is 12.4. The molecule has 5 rings (SSSR count). The Bertz CT molecular complexity index is 1020. The molecule has 0 spiro atoms. The van der Waals surface area contributed by atoms with Gasteiger partial charge in [-0.25, -0.2) is 30.0 Å². The predicted molar refractivity (Wildman–Crippen MR) is 124 cm³/mol. The summed E-state index contributed by atoms with van der Waals surface area (Å²) in [6.07, 6.45) is 0. The van der Waals surface area contributed by atoms with E-state index in [4.69, 9.17) is 19.4 Å². The molecule has 0 atom stereocenters. The van der Waals surface area contributed by atoms with Crippen molar-refractivity contribution >= 4 is 65.2 Å². The average Bonchev–Trinajstić information content (AvgIpc) is 3.35. The van der Waals surface area contributed by atoms with Crippen LogP contribution in [0.5, 0.6) is 0 Å². The van der Waals surface area contributed by atoms with Crippen molar-refractivity contribution in [1.82, 2.24) is 20.0 Å². The van der Waals surface area contributed by atoms with Crippen LogP contribution < -0.4 is 10.0 Å². The standard InChI is InChI=1S/C20H24N6O4S2/c1-13(27)25(23-3-7-29-8-4-23)19-21-15-11-16-18(12-17(15)31-19)32-20(22-16)26(14(2)28)24-5-9-30-10-6-24/h11-12H,3-10H2,1-2H3. The van der Waals surface area contributed by atoms with Crippen LogP contribution in [0.3, 0.4) is 0 Å². The lowest BCUT2D eigenvalue weighted by Gasteiger charge is -2.34.